The highest BCUT2D eigenvalue weighted by atomic mass is 32.1. The summed E-state index contributed by atoms with van der Waals surface area (Å²) in [5.74, 6) is 0.786. The van der Waals surface area contributed by atoms with Gasteiger partial charge in [0.15, 0.2) is 0 Å². The van der Waals surface area contributed by atoms with Crippen LogP contribution in [0.5, 0.6) is 0 Å². The number of carbonyl (C=O) groups excluding carboxylic acids is 2. The van der Waals surface area contributed by atoms with Crippen molar-refractivity contribution in [2.24, 2.45) is 5.92 Å². The largest absolute Gasteiger partial charge is 0.353 e. The second kappa shape index (κ2) is 6.60. The van der Waals surface area contributed by atoms with Gasteiger partial charge in [-0.05, 0) is 49.5 Å². The van der Waals surface area contributed by atoms with Gasteiger partial charge in [0.05, 0.1) is 5.56 Å². The smallest absolute Gasteiger partial charge is 0.254 e. The van der Waals surface area contributed by atoms with Gasteiger partial charge in [-0.25, -0.2) is 0 Å². The zero-order chi connectivity index (χ0) is 14.7. The number of likely N-dealkylation sites (tertiary alicyclic amines) is 1. The zero-order valence-corrected chi connectivity index (χ0v) is 13.0. The number of piperidine rings is 1. The molecule has 1 aromatic heterocycles. The molecule has 0 bridgehead atoms. The van der Waals surface area contributed by atoms with Crippen molar-refractivity contribution in [1.29, 1.82) is 0 Å². The van der Waals surface area contributed by atoms with Crippen LogP contribution >= 0.6 is 11.3 Å². The van der Waals surface area contributed by atoms with E-state index < -0.39 is 0 Å². The average Bonchev–Trinajstić information content (AvgIpc) is 3.14. The molecule has 4 nitrogen and oxygen atoms in total. The fourth-order valence-corrected chi connectivity index (χ4v) is 3.55. The minimum Gasteiger partial charge on any atom is -0.353 e. The van der Waals surface area contributed by atoms with E-state index in [1.807, 2.05) is 21.7 Å². The molecule has 1 atom stereocenters. The molecule has 2 heterocycles. The molecule has 2 amide bonds. The predicted molar refractivity (Wildman–Crippen MR) is 83.3 cm³/mol. The maximum absolute atomic E-state index is 12.4. The zero-order valence-electron chi connectivity index (χ0n) is 12.2. The van der Waals surface area contributed by atoms with Gasteiger partial charge in [0.25, 0.3) is 5.91 Å². The molecular formula is C16H22N2O2S. The Hall–Kier alpha value is -1.36. The van der Waals surface area contributed by atoms with Gasteiger partial charge in [0.1, 0.15) is 0 Å². The summed E-state index contributed by atoms with van der Waals surface area (Å²) in [6.07, 6.45) is 5.94. The van der Waals surface area contributed by atoms with Crippen LogP contribution in [0, 0.1) is 5.92 Å². The summed E-state index contributed by atoms with van der Waals surface area (Å²) in [5.41, 5.74) is 0.798. The number of hydrogen-bond donors (Lipinski definition) is 1. The Labute approximate surface area is 129 Å². The first kappa shape index (κ1) is 14.6. The Morgan fingerprint density at radius 1 is 1.33 bits per heavy atom. The number of carbonyl (C=O) groups is 2. The molecule has 1 N–H and O–H groups in total. The summed E-state index contributed by atoms with van der Waals surface area (Å²) in [6, 6.07) is 2.33. The van der Waals surface area contributed by atoms with E-state index in [9.17, 15) is 9.59 Å². The van der Waals surface area contributed by atoms with Gasteiger partial charge in [0.2, 0.25) is 5.91 Å². The highest BCUT2D eigenvalue weighted by molar-refractivity contribution is 7.08. The summed E-state index contributed by atoms with van der Waals surface area (Å²) >= 11 is 1.56. The monoisotopic (exact) mass is 306 g/mol. The van der Waals surface area contributed by atoms with Crippen LogP contribution in [0.4, 0.5) is 0 Å². The third-order valence-electron chi connectivity index (χ3n) is 4.30. The van der Waals surface area contributed by atoms with Crippen LogP contribution in [0.1, 0.15) is 48.9 Å². The molecule has 1 aliphatic carbocycles. The highest BCUT2D eigenvalue weighted by Gasteiger charge is 2.26. The molecular weight excluding hydrogens is 284 g/mol. The van der Waals surface area contributed by atoms with Crippen molar-refractivity contribution in [2.45, 2.75) is 44.6 Å². The first-order chi connectivity index (χ1) is 10.2. The van der Waals surface area contributed by atoms with Gasteiger partial charge >= 0.3 is 0 Å². The molecule has 0 radical (unpaired) electrons. The maximum atomic E-state index is 12.4. The van der Waals surface area contributed by atoms with Crippen molar-refractivity contribution < 1.29 is 9.59 Å². The normalized spacial score (nSPS) is 22.1. The molecule has 21 heavy (non-hydrogen) atoms. The fourth-order valence-electron chi connectivity index (χ4n) is 2.92. The lowest BCUT2D eigenvalue weighted by Gasteiger charge is -2.32. The number of rotatable bonds is 5. The molecule has 1 aliphatic heterocycles. The van der Waals surface area contributed by atoms with E-state index in [0.29, 0.717) is 18.4 Å². The summed E-state index contributed by atoms with van der Waals surface area (Å²) in [5, 5.41) is 6.88. The van der Waals surface area contributed by atoms with Gasteiger partial charge in [-0.3, -0.25) is 9.59 Å². The lowest BCUT2D eigenvalue weighted by atomic mass is 9.93. The third-order valence-corrected chi connectivity index (χ3v) is 4.98. The van der Waals surface area contributed by atoms with E-state index in [4.69, 9.17) is 0 Å². The molecule has 2 aliphatic rings. The highest BCUT2D eigenvalue weighted by Crippen LogP contribution is 2.24. The van der Waals surface area contributed by atoms with Crippen LogP contribution in [0.25, 0.3) is 0 Å². The SMILES string of the molecule is O=C(CCC1CCCN(C(=O)c2ccsc2)C1)NC1CC1. The van der Waals surface area contributed by atoms with Crippen molar-refractivity contribution in [2.75, 3.05) is 13.1 Å². The molecule has 5 heteroatoms. The standard InChI is InChI=1S/C16H22N2O2S/c19-15(17-14-4-5-14)6-3-12-2-1-8-18(10-12)16(20)13-7-9-21-11-13/h7,9,11-12,14H,1-6,8,10H2,(H,17,19). The van der Waals surface area contributed by atoms with Gasteiger partial charge in [0, 0.05) is 30.9 Å². The number of nitrogens with one attached hydrogen (secondary N) is 1. The predicted octanol–water partition coefficient (Wildman–Crippen LogP) is 2.66. The van der Waals surface area contributed by atoms with E-state index in [1.54, 1.807) is 11.3 Å². The Kier molecular flexibility index (Phi) is 4.58. The van der Waals surface area contributed by atoms with E-state index in [1.165, 1.54) is 0 Å². The quantitative estimate of drug-likeness (QED) is 0.909. The summed E-state index contributed by atoms with van der Waals surface area (Å²) < 4.78 is 0. The van der Waals surface area contributed by atoms with Gasteiger partial charge in [-0.15, -0.1) is 0 Å². The number of nitrogens with zero attached hydrogens (tertiary/aromatic N) is 1. The van der Waals surface area contributed by atoms with Crippen LogP contribution in [0.2, 0.25) is 0 Å². The Bertz CT molecular complexity index is 496. The lowest BCUT2D eigenvalue weighted by Crippen LogP contribution is -2.40. The van der Waals surface area contributed by atoms with Crippen LogP contribution in [-0.4, -0.2) is 35.8 Å². The van der Waals surface area contributed by atoms with Crippen molar-refractivity contribution in [3.63, 3.8) is 0 Å². The van der Waals surface area contributed by atoms with E-state index in [-0.39, 0.29) is 11.8 Å². The summed E-state index contributed by atoms with van der Waals surface area (Å²) in [7, 11) is 0. The van der Waals surface area contributed by atoms with E-state index >= 15 is 0 Å². The minimum atomic E-state index is 0.142. The van der Waals surface area contributed by atoms with Gasteiger partial charge in [-0.2, -0.15) is 11.3 Å². The molecule has 1 aromatic rings. The number of thiophene rings is 1. The molecule has 3 rings (SSSR count). The molecule has 0 spiro atoms. The number of amides is 2. The van der Waals surface area contributed by atoms with Gasteiger partial charge in [-0.1, -0.05) is 0 Å². The van der Waals surface area contributed by atoms with Crippen molar-refractivity contribution >= 4 is 23.2 Å². The molecule has 2 fully saturated rings. The van der Waals surface area contributed by atoms with Crippen molar-refractivity contribution in [3.05, 3.63) is 22.4 Å². The van der Waals surface area contributed by atoms with Crippen molar-refractivity contribution in [3.8, 4) is 0 Å². The Morgan fingerprint density at radius 2 is 2.19 bits per heavy atom. The first-order valence-electron chi connectivity index (χ1n) is 7.83. The third kappa shape index (κ3) is 4.06. The second-order valence-electron chi connectivity index (χ2n) is 6.15. The molecule has 114 valence electrons. The van der Waals surface area contributed by atoms with Crippen LogP contribution in [0.3, 0.4) is 0 Å². The topological polar surface area (TPSA) is 49.4 Å². The minimum absolute atomic E-state index is 0.142. The lowest BCUT2D eigenvalue weighted by molar-refractivity contribution is -0.121. The van der Waals surface area contributed by atoms with Crippen LogP contribution in [0.15, 0.2) is 16.8 Å². The van der Waals surface area contributed by atoms with Crippen LogP contribution in [-0.2, 0) is 4.79 Å². The number of hydrogen-bond acceptors (Lipinski definition) is 3. The first-order valence-corrected chi connectivity index (χ1v) is 8.77. The van der Waals surface area contributed by atoms with E-state index in [0.717, 1.165) is 50.8 Å². The van der Waals surface area contributed by atoms with E-state index in [2.05, 4.69) is 5.32 Å². The van der Waals surface area contributed by atoms with Gasteiger partial charge < -0.3 is 10.2 Å². The molecule has 1 saturated carbocycles. The van der Waals surface area contributed by atoms with Crippen LogP contribution < -0.4 is 5.32 Å². The Balaban J connectivity index is 1.46. The molecule has 1 unspecified atom stereocenters. The fraction of sp³-hybridized carbons (Fsp3) is 0.625. The summed E-state index contributed by atoms with van der Waals surface area (Å²) in [6.45, 7) is 1.64. The summed E-state index contributed by atoms with van der Waals surface area (Å²) in [4.78, 5) is 26.1. The Morgan fingerprint density at radius 3 is 2.90 bits per heavy atom. The second-order valence-corrected chi connectivity index (χ2v) is 6.93. The van der Waals surface area contributed by atoms with Crippen molar-refractivity contribution in [1.82, 2.24) is 10.2 Å². The average molecular weight is 306 g/mol. The maximum Gasteiger partial charge on any atom is 0.254 e. The molecule has 1 saturated heterocycles. The molecule has 0 aromatic carbocycles.